The van der Waals surface area contributed by atoms with Crippen LogP contribution in [0.15, 0.2) is 54.6 Å². The van der Waals surface area contributed by atoms with Gasteiger partial charge in [0.25, 0.3) is 0 Å². The summed E-state index contributed by atoms with van der Waals surface area (Å²) in [5.41, 5.74) is 1.08. The Morgan fingerprint density at radius 1 is 1.00 bits per heavy atom. The summed E-state index contributed by atoms with van der Waals surface area (Å²) in [6.07, 6.45) is 0.536. The lowest BCUT2D eigenvalue weighted by molar-refractivity contribution is -0.136. The van der Waals surface area contributed by atoms with Gasteiger partial charge in [0.15, 0.2) is 0 Å². The molecule has 0 radical (unpaired) electrons. The molecule has 1 aliphatic heterocycles. The minimum atomic E-state index is -0.764. The van der Waals surface area contributed by atoms with Crippen LogP contribution in [0.3, 0.4) is 0 Å². The summed E-state index contributed by atoms with van der Waals surface area (Å²) in [6.45, 7) is 0. The first-order valence-corrected chi connectivity index (χ1v) is 6.76. The topological polar surface area (TPSA) is 26.3 Å². The highest BCUT2D eigenvalue weighted by molar-refractivity contribution is 6.18. The van der Waals surface area contributed by atoms with Gasteiger partial charge in [0.1, 0.15) is 11.2 Å². The number of esters is 1. The van der Waals surface area contributed by atoms with Crippen LogP contribution in [0.1, 0.15) is 17.5 Å². The normalized spacial score (nSPS) is 21.0. The molecule has 0 bridgehead atoms. The van der Waals surface area contributed by atoms with Crippen LogP contribution in [-0.2, 0) is 10.2 Å². The Bertz CT molecular complexity index is 609. The SMILES string of the molecule is O=C1Oc2ccccc2[C@]1(CCCl)c1ccccc1. The third kappa shape index (κ3) is 1.75. The maximum atomic E-state index is 12.5. The van der Waals surface area contributed by atoms with E-state index in [0.29, 0.717) is 18.1 Å². The van der Waals surface area contributed by atoms with E-state index in [4.69, 9.17) is 16.3 Å². The van der Waals surface area contributed by atoms with E-state index in [9.17, 15) is 4.79 Å². The Hall–Kier alpha value is -1.80. The van der Waals surface area contributed by atoms with Crippen molar-refractivity contribution in [2.75, 3.05) is 5.88 Å². The fourth-order valence-electron chi connectivity index (χ4n) is 2.72. The van der Waals surface area contributed by atoms with Gasteiger partial charge < -0.3 is 4.74 Å². The average Bonchev–Trinajstić information content (AvgIpc) is 2.74. The van der Waals surface area contributed by atoms with Crippen LogP contribution in [0, 0.1) is 0 Å². The number of carbonyl (C=O) groups excluding carboxylic acids is 1. The van der Waals surface area contributed by atoms with E-state index in [1.54, 1.807) is 0 Å². The highest BCUT2D eigenvalue weighted by Gasteiger charge is 2.49. The van der Waals surface area contributed by atoms with E-state index in [1.165, 1.54) is 0 Å². The van der Waals surface area contributed by atoms with Crippen molar-refractivity contribution in [3.8, 4) is 5.75 Å². The van der Waals surface area contributed by atoms with Crippen molar-refractivity contribution < 1.29 is 9.53 Å². The largest absolute Gasteiger partial charge is 0.425 e. The molecule has 0 spiro atoms. The zero-order valence-electron chi connectivity index (χ0n) is 10.3. The minimum Gasteiger partial charge on any atom is -0.425 e. The molecule has 19 heavy (non-hydrogen) atoms. The molecule has 2 aromatic rings. The first kappa shape index (κ1) is 12.2. The number of halogens is 1. The zero-order valence-corrected chi connectivity index (χ0v) is 11.1. The first-order valence-electron chi connectivity index (χ1n) is 6.22. The zero-order chi connectivity index (χ0) is 13.3. The lowest BCUT2D eigenvalue weighted by Gasteiger charge is -2.25. The quantitative estimate of drug-likeness (QED) is 0.485. The number of hydrogen-bond donors (Lipinski definition) is 0. The number of hydrogen-bond acceptors (Lipinski definition) is 2. The van der Waals surface area contributed by atoms with Gasteiger partial charge >= 0.3 is 5.97 Å². The molecule has 0 N–H and O–H groups in total. The molecule has 0 amide bonds. The number of para-hydroxylation sites is 1. The molecule has 0 saturated heterocycles. The number of fused-ring (bicyclic) bond motifs is 1. The van der Waals surface area contributed by atoms with Crippen LogP contribution >= 0.6 is 11.6 Å². The van der Waals surface area contributed by atoms with Gasteiger partial charge in [-0.2, -0.15) is 0 Å². The van der Waals surface area contributed by atoms with Crippen molar-refractivity contribution in [2.24, 2.45) is 0 Å². The van der Waals surface area contributed by atoms with E-state index in [2.05, 4.69) is 0 Å². The summed E-state index contributed by atoms with van der Waals surface area (Å²) in [4.78, 5) is 12.5. The van der Waals surface area contributed by atoms with E-state index in [-0.39, 0.29) is 5.97 Å². The van der Waals surface area contributed by atoms with Gasteiger partial charge in [0, 0.05) is 11.4 Å². The van der Waals surface area contributed by atoms with Crippen molar-refractivity contribution in [2.45, 2.75) is 11.8 Å². The first-order chi connectivity index (χ1) is 9.29. The van der Waals surface area contributed by atoms with Gasteiger partial charge in [-0.25, -0.2) is 0 Å². The number of benzene rings is 2. The smallest absolute Gasteiger partial charge is 0.326 e. The molecule has 0 aliphatic carbocycles. The fraction of sp³-hybridized carbons (Fsp3) is 0.188. The van der Waals surface area contributed by atoms with Crippen molar-refractivity contribution in [3.63, 3.8) is 0 Å². The molecule has 0 saturated carbocycles. The van der Waals surface area contributed by atoms with E-state index >= 15 is 0 Å². The van der Waals surface area contributed by atoms with Crippen molar-refractivity contribution in [1.82, 2.24) is 0 Å². The molecule has 1 atom stereocenters. The molecule has 1 aliphatic rings. The molecule has 3 rings (SSSR count). The Balaban J connectivity index is 2.24. The van der Waals surface area contributed by atoms with Crippen molar-refractivity contribution in [1.29, 1.82) is 0 Å². The van der Waals surface area contributed by atoms with E-state index in [0.717, 1.165) is 11.1 Å². The Labute approximate surface area is 117 Å². The second kappa shape index (κ2) is 4.71. The average molecular weight is 273 g/mol. The summed E-state index contributed by atoms with van der Waals surface area (Å²) in [5, 5.41) is 0. The van der Waals surface area contributed by atoms with E-state index in [1.807, 2.05) is 54.6 Å². The predicted octanol–water partition coefficient (Wildman–Crippen LogP) is 3.52. The molecule has 3 heteroatoms. The molecule has 96 valence electrons. The minimum absolute atomic E-state index is 0.236. The Morgan fingerprint density at radius 2 is 1.68 bits per heavy atom. The molecule has 2 nitrogen and oxygen atoms in total. The highest BCUT2D eigenvalue weighted by Crippen LogP contribution is 2.46. The molecule has 2 aromatic carbocycles. The maximum Gasteiger partial charge on any atom is 0.326 e. The van der Waals surface area contributed by atoms with Crippen LogP contribution in [0.5, 0.6) is 5.75 Å². The van der Waals surface area contributed by atoms with Gasteiger partial charge in [0.2, 0.25) is 0 Å². The molecular formula is C16H13ClO2. The van der Waals surface area contributed by atoms with Gasteiger partial charge in [-0.3, -0.25) is 4.79 Å². The highest BCUT2D eigenvalue weighted by atomic mass is 35.5. The molecular weight excluding hydrogens is 260 g/mol. The second-order valence-electron chi connectivity index (χ2n) is 4.60. The van der Waals surface area contributed by atoms with Gasteiger partial charge in [0.05, 0.1) is 0 Å². The molecule has 0 fully saturated rings. The second-order valence-corrected chi connectivity index (χ2v) is 4.97. The Morgan fingerprint density at radius 3 is 2.42 bits per heavy atom. The van der Waals surface area contributed by atoms with Crippen molar-refractivity contribution in [3.05, 3.63) is 65.7 Å². The summed E-state index contributed by atoms with van der Waals surface area (Å²) < 4.78 is 5.43. The van der Waals surface area contributed by atoms with Crippen LogP contribution < -0.4 is 4.74 Å². The third-order valence-electron chi connectivity index (χ3n) is 3.63. The molecule has 0 aromatic heterocycles. The van der Waals surface area contributed by atoms with Crippen LogP contribution in [0.2, 0.25) is 0 Å². The predicted molar refractivity (Wildman–Crippen MR) is 74.6 cm³/mol. The van der Waals surface area contributed by atoms with Gasteiger partial charge in [-0.05, 0) is 18.1 Å². The monoisotopic (exact) mass is 272 g/mol. The standard InChI is InChI=1S/C16H13ClO2/c17-11-10-16(12-6-2-1-3-7-12)13-8-4-5-9-14(13)19-15(16)18/h1-9H,10-11H2/t16-/m0/s1. The fourth-order valence-corrected chi connectivity index (χ4v) is 3.01. The number of carbonyl (C=O) groups is 1. The molecule has 0 unspecified atom stereocenters. The van der Waals surface area contributed by atoms with Gasteiger partial charge in [-0.15, -0.1) is 11.6 Å². The van der Waals surface area contributed by atoms with Crippen LogP contribution in [0.25, 0.3) is 0 Å². The summed E-state index contributed by atoms with van der Waals surface area (Å²) >= 11 is 5.95. The number of alkyl halides is 1. The van der Waals surface area contributed by atoms with Crippen LogP contribution in [0.4, 0.5) is 0 Å². The van der Waals surface area contributed by atoms with Crippen LogP contribution in [-0.4, -0.2) is 11.8 Å². The number of ether oxygens (including phenoxy) is 1. The summed E-state index contributed by atoms with van der Waals surface area (Å²) in [6, 6.07) is 17.3. The number of rotatable bonds is 3. The molecule has 1 heterocycles. The van der Waals surface area contributed by atoms with E-state index < -0.39 is 5.41 Å². The Kier molecular flexibility index (Phi) is 3.03. The lowest BCUT2D eigenvalue weighted by atomic mass is 9.73. The van der Waals surface area contributed by atoms with Gasteiger partial charge in [-0.1, -0.05) is 48.5 Å². The maximum absolute atomic E-state index is 12.5. The summed E-state index contributed by atoms with van der Waals surface area (Å²) in [5.74, 6) is 0.806. The third-order valence-corrected chi connectivity index (χ3v) is 3.82. The lowest BCUT2D eigenvalue weighted by Crippen LogP contribution is -2.35. The van der Waals surface area contributed by atoms with Crippen molar-refractivity contribution >= 4 is 17.6 Å². The summed E-state index contributed by atoms with van der Waals surface area (Å²) in [7, 11) is 0.